The van der Waals surface area contributed by atoms with Gasteiger partial charge in [0, 0.05) is 30.5 Å². The zero-order valence-electron chi connectivity index (χ0n) is 11.0. The molecule has 4 heteroatoms. The Kier molecular flexibility index (Phi) is 6.49. The molecule has 100 valence electrons. The Hall–Kier alpha value is -0.0900. The lowest BCUT2D eigenvalue weighted by Crippen LogP contribution is -2.86. The first-order chi connectivity index (χ1) is 8.06. The van der Waals surface area contributed by atoms with Crippen molar-refractivity contribution in [2.45, 2.75) is 51.6 Å². The molecule has 0 aromatic carbocycles. The summed E-state index contributed by atoms with van der Waals surface area (Å²) >= 11 is 3.37. The minimum atomic E-state index is -0.292. The van der Waals surface area contributed by atoms with Crippen molar-refractivity contribution in [2.75, 3.05) is 18.4 Å². The number of rotatable bonds is 6. The van der Waals surface area contributed by atoms with Crippen LogP contribution in [0.3, 0.4) is 0 Å². The molecule has 3 nitrogen and oxygen atoms in total. The van der Waals surface area contributed by atoms with Crippen LogP contribution in [0, 0.1) is 5.92 Å². The summed E-state index contributed by atoms with van der Waals surface area (Å²) in [6.45, 7) is 6.45. The first-order valence-electron chi connectivity index (χ1n) is 6.65. The number of quaternary nitrogens is 1. The molecule has 1 heterocycles. The van der Waals surface area contributed by atoms with Crippen LogP contribution in [0.15, 0.2) is 0 Å². The number of hydrogen-bond donors (Lipinski definition) is 1. The van der Waals surface area contributed by atoms with Crippen molar-refractivity contribution in [2.24, 2.45) is 5.92 Å². The van der Waals surface area contributed by atoms with Crippen LogP contribution in [0.2, 0.25) is 0 Å². The van der Waals surface area contributed by atoms with Gasteiger partial charge in [-0.25, -0.2) is 0 Å². The number of halogens is 1. The van der Waals surface area contributed by atoms with Crippen molar-refractivity contribution in [3.05, 3.63) is 0 Å². The average Bonchev–Trinajstić information content (AvgIpc) is 2.30. The molecule has 0 radical (unpaired) electrons. The molecule has 1 aliphatic heterocycles. The number of alkyl halides is 1. The van der Waals surface area contributed by atoms with Crippen LogP contribution in [-0.2, 0) is 9.53 Å². The number of piperidine rings is 1. The van der Waals surface area contributed by atoms with Gasteiger partial charge in [0.2, 0.25) is 0 Å². The van der Waals surface area contributed by atoms with Crippen LogP contribution in [-0.4, -0.2) is 30.0 Å². The highest BCUT2D eigenvalue weighted by molar-refractivity contribution is 9.09. The Balaban J connectivity index is 2.33. The van der Waals surface area contributed by atoms with E-state index in [4.69, 9.17) is 4.74 Å². The smallest absolute Gasteiger partial charge is 0.306 e. The number of esters is 1. The van der Waals surface area contributed by atoms with Crippen molar-refractivity contribution in [1.29, 1.82) is 0 Å². The molecule has 1 saturated heterocycles. The highest BCUT2D eigenvalue weighted by atomic mass is 79.9. The van der Waals surface area contributed by atoms with E-state index in [1.807, 2.05) is 0 Å². The normalized spacial score (nSPS) is 18.1. The molecule has 1 rings (SSSR count). The zero-order chi connectivity index (χ0) is 12.7. The maximum absolute atomic E-state index is 11.7. The summed E-state index contributed by atoms with van der Waals surface area (Å²) in [5.74, 6) is 0.484. The van der Waals surface area contributed by atoms with Gasteiger partial charge in [-0.15, -0.1) is 0 Å². The topological polar surface area (TPSA) is 42.9 Å². The van der Waals surface area contributed by atoms with Crippen molar-refractivity contribution in [3.8, 4) is 0 Å². The van der Waals surface area contributed by atoms with E-state index in [9.17, 15) is 4.79 Å². The van der Waals surface area contributed by atoms with Crippen LogP contribution in [0.1, 0.15) is 46.0 Å². The van der Waals surface area contributed by atoms with Crippen molar-refractivity contribution in [1.82, 2.24) is 0 Å². The van der Waals surface area contributed by atoms with Crippen LogP contribution < -0.4 is 5.32 Å². The lowest BCUT2D eigenvalue weighted by atomic mass is 9.83. The molecule has 0 saturated carbocycles. The van der Waals surface area contributed by atoms with Gasteiger partial charge in [-0.1, -0.05) is 15.9 Å². The second kappa shape index (κ2) is 7.37. The highest BCUT2D eigenvalue weighted by Crippen LogP contribution is 2.28. The predicted octanol–water partition coefficient (Wildman–Crippen LogP) is 1.85. The second-order valence-electron chi connectivity index (χ2n) is 5.36. The summed E-state index contributed by atoms with van der Waals surface area (Å²) in [5.41, 5.74) is -0.292. The van der Waals surface area contributed by atoms with E-state index in [0.717, 1.165) is 44.1 Å². The molecule has 0 aromatic rings. The molecule has 1 aliphatic rings. The van der Waals surface area contributed by atoms with Crippen molar-refractivity contribution in [3.63, 3.8) is 0 Å². The molecule has 0 amide bonds. The van der Waals surface area contributed by atoms with Gasteiger partial charge in [-0.05, 0) is 26.7 Å². The fourth-order valence-corrected chi connectivity index (χ4v) is 2.81. The Morgan fingerprint density at radius 3 is 2.59 bits per heavy atom. The molecule has 0 spiro atoms. The minimum absolute atomic E-state index is 0.0366. The molecular weight excluding hydrogens is 282 g/mol. The molecular formula is C13H25BrNO2+. The zero-order valence-corrected chi connectivity index (χ0v) is 12.6. The summed E-state index contributed by atoms with van der Waals surface area (Å²) in [4.78, 5) is 11.7. The summed E-state index contributed by atoms with van der Waals surface area (Å²) in [6.07, 6.45) is 4.81. The maximum atomic E-state index is 11.7. The molecule has 1 fully saturated rings. The van der Waals surface area contributed by atoms with E-state index in [2.05, 4.69) is 35.1 Å². The minimum Gasteiger partial charge on any atom is -0.459 e. The average molecular weight is 307 g/mol. The van der Waals surface area contributed by atoms with E-state index < -0.39 is 0 Å². The summed E-state index contributed by atoms with van der Waals surface area (Å²) in [7, 11) is 0. The Morgan fingerprint density at radius 2 is 2.00 bits per heavy atom. The highest BCUT2D eigenvalue weighted by Gasteiger charge is 2.34. The largest absolute Gasteiger partial charge is 0.459 e. The Morgan fingerprint density at radius 1 is 1.35 bits per heavy atom. The van der Waals surface area contributed by atoms with E-state index in [0.29, 0.717) is 12.3 Å². The van der Waals surface area contributed by atoms with Gasteiger partial charge in [0.1, 0.15) is 5.60 Å². The number of carbonyl (C=O) groups excluding carboxylic acids is 1. The van der Waals surface area contributed by atoms with Crippen LogP contribution in [0.4, 0.5) is 0 Å². The standard InChI is InChI=1S/C13H24BrNO2/c1-13(2,11-6-9-15-10-7-11)17-12(16)5-3-4-8-14/h11,15H,3-10H2,1-2H3/p+1. The first kappa shape index (κ1) is 15.0. The number of hydrogen-bond acceptors (Lipinski definition) is 2. The Bertz CT molecular complexity index is 238. The molecule has 0 aliphatic carbocycles. The van der Waals surface area contributed by atoms with Gasteiger partial charge < -0.3 is 10.1 Å². The fourth-order valence-electron chi connectivity index (χ4n) is 2.41. The molecule has 0 bridgehead atoms. The van der Waals surface area contributed by atoms with Crippen LogP contribution in [0.25, 0.3) is 0 Å². The fraction of sp³-hybridized carbons (Fsp3) is 0.923. The van der Waals surface area contributed by atoms with Gasteiger partial charge in [0.25, 0.3) is 0 Å². The Labute approximate surface area is 113 Å². The van der Waals surface area contributed by atoms with E-state index in [-0.39, 0.29) is 11.6 Å². The van der Waals surface area contributed by atoms with Crippen molar-refractivity contribution < 1.29 is 14.8 Å². The molecule has 17 heavy (non-hydrogen) atoms. The first-order valence-corrected chi connectivity index (χ1v) is 7.78. The summed E-state index contributed by atoms with van der Waals surface area (Å²) in [6, 6.07) is 0. The lowest BCUT2D eigenvalue weighted by molar-refractivity contribution is -0.665. The van der Waals surface area contributed by atoms with Gasteiger partial charge >= 0.3 is 5.97 Å². The van der Waals surface area contributed by atoms with Gasteiger partial charge in [-0.2, -0.15) is 0 Å². The quantitative estimate of drug-likeness (QED) is 0.462. The van der Waals surface area contributed by atoms with Gasteiger partial charge in [0.05, 0.1) is 13.1 Å². The van der Waals surface area contributed by atoms with E-state index in [1.165, 1.54) is 0 Å². The van der Waals surface area contributed by atoms with E-state index in [1.54, 1.807) is 0 Å². The lowest BCUT2D eigenvalue weighted by Gasteiger charge is -2.35. The molecule has 0 aromatic heterocycles. The third kappa shape index (κ3) is 5.38. The van der Waals surface area contributed by atoms with Crippen molar-refractivity contribution >= 4 is 21.9 Å². The summed E-state index contributed by atoms with van der Waals surface area (Å²) in [5, 5.41) is 3.30. The van der Waals surface area contributed by atoms with Gasteiger partial charge in [-0.3, -0.25) is 4.79 Å². The molecule has 0 atom stereocenters. The predicted molar refractivity (Wildman–Crippen MR) is 72.2 cm³/mol. The maximum Gasteiger partial charge on any atom is 0.306 e. The number of carbonyl (C=O) groups is 1. The second-order valence-corrected chi connectivity index (χ2v) is 6.16. The monoisotopic (exact) mass is 306 g/mol. The van der Waals surface area contributed by atoms with E-state index >= 15 is 0 Å². The SMILES string of the molecule is CC(C)(OC(=O)CCCCBr)C1CC[NH2+]CC1. The van der Waals surface area contributed by atoms with Crippen LogP contribution >= 0.6 is 15.9 Å². The van der Waals surface area contributed by atoms with Crippen LogP contribution in [0.5, 0.6) is 0 Å². The van der Waals surface area contributed by atoms with Gasteiger partial charge in [0.15, 0.2) is 0 Å². The summed E-state index contributed by atoms with van der Waals surface area (Å²) < 4.78 is 5.66. The number of ether oxygens (including phenoxy) is 1. The molecule has 2 N–H and O–H groups in total. The third-order valence-electron chi connectivity index (χ3n) is 3.56. The molecule has 0 unspecified atom stereocenters. The number of nitrogens with two attached hydrogens (primary N) is 1. The number of unbranched alkanes of at least 4 members (excludes halogenated alkanes) is 1. The third-order valence-corrected chi connectivity index (χ3v) is 4.12.